The number of halogens is 1. The van der Waals surface area contributed by atoms with E-state index in [4.69, 9.17) is 16.6 Å². The molecule has 0 saturated carbocycles. The maximum absolute atomic E-state index is 6.12. The van der Waals surface area contributed by atoms with Gasteiger partial charge < -0.3 is 0 Å². The van der Waals surface area contributed by atoms with Crippen LogP contribution in [0, 0.1) is 0 Å². The number of aromatic nitrogens is 2. The Labute approximate surface area is 154 Å². The fourth-order valence-corrected chi connectivity index (χ4v) is 3.09. The van der Waals surface area contributed by atoms with E-state index in [0.29, 0.717) is 5.02 Å². The highest BCUT2D eigenvalue weighted by atomic mass is 35.5. The van der Waals surface area contributed by atoms with Gasteiger partial charge in [0.1, 0.15) is 0 Å². The minimum atomic E-state index is 0.705. The Bertz CT molecular complexity index is 841. The van der Waals surface area contributed by atoms with Crippen molar-refractivity contribution in [1.29, 1.82) is 0 Å². The lowest BCUT2D eigenvalue weighted by molar-refractivity contribution is 0.918. The molecule has 3 heteroatoms. The van der Waals surface area contributed by atoms with Crippen LogP contribution in [0.5, 0.6) is 0 Å². The van der Waals surface area contributed by atoms with Crippen molar-refractivity contribution in [2.24, 2.45) is 0 Å². The Morgan fingerprint density at radius 1 is 0.840 bits per heavy atom. The fourth-order valence-electron chi connectivity index (χ4n) is 2.90. The molecule has 0 bridgehead atoms. The van der Waals surface area contributed by atoms with E-state index < -0.39 is 0 Å². The maximum Gasteiger partial charge on any atom is 0.159 e. The third-order valence-electron chi connectivity index (χ3n) is 4.22. The summed E-state index contributed by atoms with van der Waals surface area (Å²) in [5.74, 6) is 0.749. The van der Waals surface area contributed by atoms with Crippen LogP contribution in [0.1, 0.15) is 42.8 Å². The highest BCUT2D eigenvalue weighted by Gasteiger charge is 2.08. The number of nitrogens with zero attached hydrogens (tertiary/aromatic N) is 2. The second-order valence-corrected chi connectivity index (χ2v) is 6.72. The summed E-state index contributed by atoms with van der Waals surface area (Å²) in [5, 5.41) is 0.705. The molecule has 0 amide bonds. The van der Waals surface area contributed by atoms with Crippen molar-refractivity contribution in [2.75, 3.05) is 0 Å². The summed E-state index contributed by atoms with van der Waals surface area (Å²) in [6.07, 6.45) is 4.01. The molecule has 0 spiro atoms. The van der Waals surface area contributed by atoms with E-state index in [2.05, 4.69) is 49.2 Å². The molecule has 128 valence electrons. The van der Waals surface area contributed by atoms with Crippen molar-refractivity contribution in [3.63, 3.8) is 0 Å². The van der Waals surface area contributed by atoms with Gasteiger partial charge in [0.2, 0.25) is 0 Å². The standard InChI is InChI=1S/C22H23ClN2/c1-3-6-16-9-11-17(12-10-16)13-21-15-20(4-2)24-22(25-21)18-7-5-8-19(23)14-18/h5,7-12,14-15H,3-4,6,13H2,1-2H3. The number of hydrogen-bond donors (Lipinski definition) is 0. The van der Waals surface area contributed by atoms with Gasteiger partial charge in [0, 0.05) is 28.4 Å². The SMILES string of the molecule is CCCc1ccc(Cc2cc(CC)nc(-c3cccc(Cl)c3)n2)cc1. The molecule has 0 aliphatic carbocycles. The van der Waals surface area contributed by atoms with E-state index in [9.17, 15) is 0 Å². The van der Waals surface area contributed by atoms with Crippen LogP contribution in [-0.2, 0) is 19.3 Å². The molecular weight excluding hydrogens is 328 g/mol. The van der Waals surface area contributed by atoms with Gasteiger partial charge in [-0.1, -0.05) is 68.3 Å². The van der Waals surface area contributed by atoms with Crippen LogP contribution in [0.2, 0.25) is 5.02 Å². The van der Waals surface area contributed by atoms with Crippen LogP contribution in [-0.4, -0.2) is 9.97 Å². The summed E-state index contributed by atoms with van der Waals surface area (Å²) in [6.45, 7) is 4.33. The first-order valence-corrected chi connectivity index (χ1v) is 9.26. The Balaban J connectivity index is 1.89. The predicted molar refractivity (Wildman–Crippen MR) is 105 cm³/mol. The Morgan fingerprint density at radius 2 is 1.56 bits per heavy atom. The summed E-state index contributed by atoms with van der Waals surface area (Å²) in [5.41, 5.74) is 5.73. The average Bonchev–Trinajstić information content (AvgIpc) is 2.63. The fraction of sp³-hybridized carbons (Fsp3) is 0.273. The van der Waals surface area contributed by atoms with Gasteiger partial charge in [-0.25, -0.2) is 9.97 Å². The molecule has 0 aliphatic heterocycles. The zero-order chi connectivity index (χ0) is 17.6. The molecule has 0 fully saturated rings. The van der Waals surface area contributed by atoms with E-state index >= 15 is 0 Å². The van der Waals surface area contributed by atoms with Crippen LogP contribution in [0.4, 0.5) is 0 Å². The molecule has 0 radical (unpaired) electrons. The molecule has 2 nitrogen and oxygen atoms in total. The number of benzene rings is 2. The average molecular weight is 351 g/mol. The molecular formula is C22H23ClN2. The van der Waals surface area contributed by atoms with Crippen molar-refractivity contribution >= 4 is 11.6 Å². The van der Waals surface area contributed by atoms with E-state index in [-0.39, 0.29) is 0 Å². The number of rotatable bonds is 6. The summed E-state index contributed by atoms with van der Waals surface area (Å²) < 4.78 is 0. The summed E-state index contributed by atoms with van der Waals surface area (Å²) in [7, 11) is 0. The third-order valence-corrected chi connectivity index (χ3v) is 4.46. The first kappa shape index (κ1) is 17.6. The Morgan fingerprint density at radius 3 is 2.24 bits per heavy atom. The summed E-state index contributed by atoms with van der Waals surface area (Å²) >= 11 is 6.12. The van der Waals surface area contributed by atoms with Crippen molar-refractivity contribution in [2.45, 2.75) is 39.5 Å². The van der Waals surface area contributed by atoms with Crippen molar-refractivity contribution in [3.8, 4) is 11.4 Å². The lowest BCUT2D eigenvalue weighted by Crippen LogP contribution is -2.01. The molecule has 0 aliphatic rings. The molecule has 0 unspecified atom stereocenters. The zero-order valence-electron chi connectivity index (χ0n) is 14.8. The first-order chi connectivity index (χ1) is 12.2. The maximum atomic E-state index is 6.12. The van der Waals surface area contributed by atoms with Crippen LogP contribution >= 0.6 is 11.6 Å². The van der Waals surface area contributed by atoms with Crippen molar-refractivity contribution in [3.05, 3.63) is 82.1 Å². The van der Waals surface area contributed by atoms with Gasteiger partial charge in [0.15, 0.2) is 5.82 Å². The Hall–Kier alpha value is -2.19. The quantitative estimate of drug-likeness (QED) is 0.552. The smallest absolute Gasteiger partial charge is 0.159 e. The minimum absolute atomic E-state index is 0.705. The van der Waals surface area contributed by atoms with E-state index in [0.717, 1.165) is 42.0 Å². The highest BCUT2D eigenvalue weighted by molar-refractivity contribution is 6.30. The lowest BCUT2D eigenvalue weighted by Gasteiger charge is -2.09. The summed E-state index contributed by atoms with van der Waals surface area (Å²) in [6, 6.07) is 18.7. The van der Waals surface area contributed by atoms with Gasteiger partial charge in [-0.05, 0) is 42.2 Å². The topological polar surface area (TPSA) is 25.8 Å². The van der Waals surface area contributed by atoms with Gasteiger partial charge in [0.25, 0.3) is 0 Å². The monoisotopic (exact) mass is 350 g/mol. The minimum Gasteiger partial charge on any atom is -0.233 e. The predicted octanol–water partition coefficient (Wildman–Crippen LogP) is 5.90. The van der Waals surface area contributed by atoms with Crippen LogP contribution in [0.25, 0.3) is 11.4 Å². The highest BCUT2D eigenvalue weighted by Crippen LogP contribution is 2.21. The molecule has 0 saturated heterocycles. The molecule has 1 aromatic heterocycles. The molecule has 2 aromatic carbocycles. The van der Waals surface area contributed by atoms with E-state index in [1.807, 2.05) is 24.3 Å². The number of aryl methyl sites for hydroxylation is 2. The van der Waals surface area contributed by atoms with E-state index in [1.165, 1.54) is 17.5 Å². The lowest BCUT2D eigenvalue weighted by atomic mass is 10.0. The summed E-state index contributed by atoms with van der Waals surface area (Å²) in [4.78, 5) is 9.45. The zero-order valence-corrected chi connectivity index (χ0v) is 15.6. The molecule has 0 N–H and O–H groups in total. The largest absolute Gasteiger partial charge is 0.233 e. The Kier molecular flexibility index (Phi) is 5.83. The van der Waals surface area contributed by atoms with Gasteiger partial charge in [-0.3, -0.25) is 0 Å². The van der Waals surface area contributed by atoms with Gasteiger partial charge in [-0.2, -0.15) is 0 Å². The van der Waals surface area contributed by atoms with Crippen LogP contribution < -0.4 is 0 Å². The molecule has 1 heterocycles. The van der Waals surface area contributed by atoms with Gasteiger partial charge in [-0.15, -0.1) is 0 Å². The molecule has 3 aromatic rings. The van der Waals surface area contributed by atoms with Crippen LogP contribution in [0.3, 0.4) is 0 Å². The molecule has 3 rings (SSSR count). The van der Waals surface area contributed by atoms with Gasteiger partial charge in [0.05, 0.1) is 0 Å². The normalized spacial score (nSPS) is 10.8. The second-order valence-electron chi connectivity index (χ2n) is 6.28. The van der Waals surface area contributed by atoms with E-state index in [1.54, 1.807) is 0 Å². The van der Waals surface area contributed by atoms with Crippen molar-refractivity contribution < 1.29 is 0 Å². The first-order valence-electron chi connectivity index (χ1n) is 8.88. The van der Waals surface area contributed by atoms with Crippen molar-refractivity contribution in [1.82, 2.24) is 9.97 Å². The number of hydrogen-bond acceptors (Lipinski definition) is 2. The molecule has 0 atom stereocenters. The van der Waals surface area contributed by atoms with Crippen LogP contribution in [0.15, 0.2) is 54.6 Å². The second kappa shape index (κ2) is 8.26. The molecule has 25 heavy (non-hydrogen) atoms. The van der Waals surface area contributed by atoms with Gasteiger partial charge >= 0.3 is 0 Å². The third kappa shape index (κ3) is 4.67.